The number of hydrogen-bond acceptors (Lipinski definition) is 7. The Bertz CT molecular complexity index is 957. The lowest BCUT2D eigenvalue weighted by Crippen LogP contribution is -2.21. The summed E-state index contributed by atoms with van der Waals surface area (Å²) in [7, 11) is 0. The highest BCUT2D eigenvalue weighted by Crippen LogP contribution is 2.29. The van der Waals surface area contributed by atoms with Gasteiger partial charge in [-0.05, 0) is 24.3 Å². The lowest BCUT2D eigenvalue weighted by atomic mass is 10.2. The number of nitrogens with zero attached hydrogens (tertiary/aromatic N) is 5. The Balaban J connectivity index is 1.71. The van der Waals surface area contributed by atoms with E-state index in [1.54, 1.807) is 13.0 Å². The smallest absolute Gasteiger partial charge is 0.296 e. The van der Waals surface area contributed by atoms with E-state index in [-0.39, 0.29) is 17.9 Å². The zero-order valence-electron chi connectivity index (χ0n) is 14.4. The minimum Gasteiger partial charge on any atom is -0.494 e. The molecule has 1 N–H and O–H groups in total. The van der Waals surface area contributed by atoms with Gasteiger partial charge in [-0.1, -0.05) is 30.3 Å². The van der Waals surface area contributed by atoms with E-state index in [1.165, 1.54) is 12.1 Å². The number of nitro benzene ring substituents is 1. The first-order chi connectivity index (χ1) is 13.1. The second-order valence-corrected chi connectivity index (χ2v) is 5.43. The summed E-state index contributed by atoms with van der Waals surface area (Å²) in [5, 5.41) is 25.6. The van der Waals surface area contributed by atoms with Gasteiger partial charge in [0.1, 0.15) is 18.0 Å². The Morgan fingerprint density at radius 2 is 2.04 bits per heavy atom. The Morgan fingerprint density at radius 1 is 1.26 bits per heavy atom. The van der Waals surface area contributed by atoms with Crippen LogP contribution in [0.3, 0.4) is 0 Å². The lowest BCUT2D eigenvalue weighted by Gasteiger charge is -2.08. The van der Waals surface area contributed by atoms with Crippen molar-refractivity contribution in [2.75, 3.05) is 11.9 Å². The van der Waals surface area contributed by atoms with E-state index in [4.69, 9.17) is 4.74 Å². The molecule has 138 valence electrons. The SMILES string of the molecule is CCOc1ccc(NC(=O)Cn2nnc(-c3ccccc3)n2)c([N+](=O)[O-])c1. The largest absolute Gasteiger partial charge is 0.494 e. The number of amides is 1. The van der Waals surface area contributed by atoms with Gasteiger partial charge in [-0.2, -0.15) is 4.80 Å². The van der Waals surface area contributed by atoms with Gasteiger partial charge < -0.3 is 10.1 Å². The fraction of sp³-hybridized carbons (Fsp3) is 0.176. The van der Waals surface area contributed by atoms with Gasteiger partial charge in [0, 0.05) is 5.56 Å². The molecular formula is C17H16N6O4. The predicted octanol–water partition coefficient (Wildman–Crippen LogP) is 2.29. The molecule has 1 aromatic heterocycles. The van der Waals surface area contributed by atoms with Crippen LogP contribution < -0.4 is 10.1 Å². The summed E-state index contributed by atoms with van der Waals surface area (Å²) in [6.07, 6.45) is 0. The number of carbonyl (C=O) groups excluding carboxylic acids is 1. The maximum atomic E-state index is 12.2. The normalized spacial score (nSPS) is 10.4. The molecular weight excluding hydrogens is 352 g/mol. The third kappa shape index (κ3) is 4.42. The summed E-state index contributed by atoms with van der Waals surface area (Å²) in [6, 6.07) is 13.4. The number of tetrazole rings is 1. The van der Waals surface area contributed by atoms with E-state index in [1.807, 2.05) is 30.3 Å². The number of carbonyl (C=O) groups is 1. The van der Waals surface area contributed by atoms with Gasteiger partial charge in [0.2, 0.25) is 11.7 Å². The average Bonchev–Trinajstić information content (AvgIpc) is 3.12. The molecule has 2 aromatic carbocycles. The Labute approximate surface area is 153 Å². The highest BCUT2D eigenvalue weighted by molar-refractivity contribution is 5.93. The first-order valence-corrected chi connectivity index (χ1v) is 8.11. The lowest BCUT2D eigenvalue weighted by molar-refractivity contribution is -0.384. The van der Waals surface area contributed by atoms with Gasteiger partial charge in [-0.3, -0.25) is 14.9 Å². The second-order valence-electron chi connectivity index (χ2n) is 5.43. The monoisotopic (exact) mass is 368 g/mol. The number of ether oxygens (including phenoxy) is 1. The van der Waals surface area contributed by atoms with Crippen molar-refractivity contribution in [2.45, 2.75) is 13.5 Å². The van der Waals surface area contributed by atoms with Gasteiger partial charge in [-0.15, -0.1) is 10.2 Å². The standard InChI is InChI=1S/C17H16N6O4/c1-2-27-13-8-9-14(15(10-13)23(25)26)18-16(24)11-22-20-17(19-21-22)12-6-4-3-5-7-12/h3-10H,2,11H2,1H3,(H,18,24). The fourth-order valence-electron chi connectivity index (χ4n) is 2.36. The van der Waals surface area contributed by atoms with Crippen molar-refractivity contribution in [2.24, 2.45) is 0 Å². The molecule has 1 heterocycles. The van der Waals surface area contributed by atoms with Crippen molar-refractivity contribution in [3.8, 4) is 17.1 Å². The quantitative estimate of drug-likeness (QED) is 0.501. The third-order valence-electron chi connectivity index (χ3n) is 3.52. The molecule has 0 unspecified atom stereocenters. The summed E-state index contributed by atoms with van der Waals surface area (Å²) in [4.78, 5) is 24.0. The Hall–Kier alpha value is -3.82. The van der Waals surface area contributed by atoms with Crippen molar-refractivity contribution >= 4 is 17.3 Å². The van der Waals surface area contributed by atoms with Crippen LogP contribution in [0.25, 0.3) is 11.4 Å². The van der Waals surface area contributed by atoms with E-state index in [0.29, 0.717) is 18.2 Å². The molecule has 0 saturated carbocycles. The van der Waals surface area contributed by atoms with Crippen LogP contribution in [0, 0.1) is 10.1 Å². The summed E-state index contributed by atoms with van der Waals surface area (Å²) < 4.78 is 5.25. The van der Waals surface area contributed by atoms with Gasteiger partial charge in [0.25, 0.3) is 5.69 Å². The average molecular weight is 368 g/mol. The second kappa shape index (κ2) is 8.04. The number of nitrogens with one attached hydrogen (secondary N) is 1. The number of hydrogen-bond donors (Lipinski definition) is 1. The predicted molar refractivity (Wildman–Crippen MR) is 96.1 cm³/mol. The minimum absolute atomic E-state index is 0.0665. The number of rotatable bonds is 7. The van der Waals surface area contributed by atoms with Crippen LogP contribution >= 0.6 is 0 Å². The molecule has 27 heavy (non-hydrogen) atoms. The van der Waals surface area contributed by atoms with Crippen LogP contribution in [0.1, 0.15) is 6.92 Å². The molecule has 10 heteroatoms. The molecule has 0 saturated heterocycles. The van der Waals surface area contributed by atoms with Gasteiger partial charge in [-0.25, -0.2) is 0 Å². The summed E-state index contributed by atoms with van der Waals surface area (Å²) in [6.45, 7) is 1.92. The van der Waals surface area contributed by atoms with Crippen LogP contribution in [-0.2, 0) is 11.3 Å². The Morgan fingerprint density at radius 3 is 2.74 bits per heavy atom. The molecule has 0 spiro atoms. The van der Waals surface area contributed by atoms with Crippen LogP contribution in [0.15, 0.2) is 48.5 Å². The number of nitro groups is 1. The van der Waals surface area contributed by atoms with Crippen molar-refractivity contribution in [3.05, 3.63) is 58.6 Å². The maximum Gasteiger partial charge on any atom is 0.296 e. The zero-order chi connectivity index (χ0) is 19.2. The van der Waals surface area contributed by atoms with Crippen molar-refractivity contribution in [1.82, 2.24) is 20.2 Å². The summed E-state index contributed by atoms with van der Waals surface area (Å²) in [5.41, 5.74) is 0.578. The zero-order valence-corrected chi connectivity index (χ0v) is 14.4. The molecule has 0 bridgehead atoms. The van der Waals surface area contributed by atoms with Crippen LogP contribution in [0.2, 0.25) is 0 Å². The minimum atomic E-state index is -0.584. The molecule has 0 aliphatic rings. The van der Waals surface area contributed by atoms with Gasteiger partial charge in [0.15, 0.2) is 0 Å². The van der Waals surface area contributed by atoms with Crippen LogP contribution in [-0.4, -0.2) is 37.6 Å². The molecule has 1 amide bonds. The molecule has 0 aliphatic heterocycles. The first-order valence-electron chi connectivity index (χ1n) is 8.11. The Kier molecular flexibility index (Phi) is 5.36. The van der Waals surface area contributed by atoms with E-state index in [9.17, 15) is 14.9 Å². The highest BCUT2D eigenvalue weighted by atomic mass is 16.6. The topological polar surface area (TPSA) is 125 Å². The molecule has 0 fully saturated rings. The molecule has 10 nitrogen and oxygen atoms in total. The van der Waals surface area contributed by atoms with Crippen LogP contribution in [0.5, 0.6) is 5.75 Å². The van der Waals surface area contributed by atoms with Gasteiger partial charge >= 0.3 is 0 Å². The molecule has 3 rings (SSSR count). The highest BCUT2D eigenvalue weighted by Gasteiger charge is 2.18. The van der Waals surface area contributed by atoms with Crippen molar-refractivity contribution in [3.63, 3.8) is 0 Å². The van der Waals surface area contributed by atoms with E-state index in [2.05, 4.69) is 20.7 Å². The first kappa shape index (κ1) is 18.0. The molecule has 0 aliphatic carbocycles. The van der Waals surface area contributed by atoms with E-state index >= 15 is 0 Å². The van der Waals surface area contributed by atoms with Crippen molar-refractivity contribution in [1.29, 1.82) is 0 Å². The fourth-order valence-corrected chi connectivity index (χ4v) is 2.36. The maximum absolute atomic E-state index is 12.2. The van der Waals surface area contributed by atoms with Gasteiger partial charge in [0.05, 0.1) is 17.6 Å². The van der Waals surface area contributed by atoms with Crippen molar-refractivity contribution < 1.29 is 14.5 Å². The number of anilines is 1. The molecule has 0 radical (unpaired) electrons. The summed E-state index contributed by atoms with van der Waals surface area (Å²) >= 11 is 0. The molecule has 0 atom stereocenters. The number of aromatic nitrogens is 4. The van der Waals surface area contributed by atoms with E-state index < -0.39 is 10.8 Å². The van der Waals surface area contributed by atoms with E-state index in [0.717, 1.165) is 10.4 Å². The summed E-state index contributed by atoms with van der Waals surface area (Å²) in [5.74, 6) is 0.224. The number of benzene rings is 2. The third-order valence-corrected chi connectivity index (χ3v) is 3.52. The molecule has 3 aromatic rings. The van der Waals surface area contributed by atoms with Crippen LogP contribution in [0.4, 0.5) is 11.4 Å².